The molecule has 2 N–H and O–H groups in total. The standard InChI is InChI=1S/C16H28N2O3/c1-15(2,14(20)21)12-5-4-10-18(11-12)13(19)16(3)6-8-17-9-7-16/h12,17H,4-11H2,1-3H3,(H,20,21). The molecule has 0 aromatic carbocycles. The first-order chi connectivity index (χ1) is 9.77. The summed E-state index contributed by atoms with van der Waals surface area (Å²) in [4.78, 5) is 26.2. The highest BCUT2D eigenvalue weighted by atomic mass is 16.4. The molecule has 1 amide bonds. The Morgan fingerprint density at radius 1 is 1.29 bits per heavy atom. The van der Waals surface area contributed by atoms with Crippen molar-refractivity contribution in [2.45, 2.75) is 46.5 Å². The monoisotopic (exact) mass is 296 g/mol. The molecule has 2 heterocycles. The van der Waals surface area contributed by atoms with Gasteiger partial charge in [0.15, 0.2) is 0 Å². The zero-order chi connectivity index (χ0) is 15.7. The molecule has 2 fully saturated rings. The molecule has 1 atom stereocenters. The van der Waals surface area contributed by atoms with Crippen LogP contribution in [0.1, 0.15) is 46.5 Å². The minimum absolute atomic E-state index is 0.0398. The largest absolute Gasteiger partial charge is 0.481 e. The third-order valence-electron chi connectivity index (χ3n) is 5.50. The van der Waals surface area contributed by atoms with E-state index in [4.69, 9.17) is 0 Å². The molecule has 0 saturated carbocycles. The lowest BCUT2D eigenvalue weighted by Crippen LogP contribution is -2.53. The maximum atomic E-state index is 12.9. The zero-order valence-corrected chi connectivity index (χ0v) is 13.4. The van der Waals surface area contributed by atoms with Crippen LogP contribution in [0.2, 0.25) is 0 Å². The van der Waals surface area contributed by atoms with Gasteiger partial charge in [0.2, 0.25) is 5.91 Å². The fourth-order valence-electron chi connectivity index (χ4n) is 3.50. The van der Waals surface area contributed by atoms with Gasteiger partial charge in [-0.2, -0.15) is 0 Å². The molecule has 5 nitrogen and oxygen atoms in total. The molecular formula is C16H28N2O3. The molecule has 0 bridgehead atoms. The molecule has 2 saturated heterocycles. The van der Waals surface area contributed by atoms with Crippen molar-refractivity contribution in [3.05, 3.63) is 0 Å². The molecule has 21 heavy (non-hydrogen) atoms. The van der Waals surface area contributed by atoms with Gasteiger partial charge in [0.05, 0.1) is 5.41 Å². The Morgan fingerprint density at radius 2 is 1.90 bits per heavy atom. The third-order valence-corrected chi connectivity index (χ3v) is 5.50. The van der Waals surface area contributed by atoms with Crippen molar-refractivity contribution in [2.24, 2.45) is 16.7 Å². The number of likely N-dealkylation sites (tertiary alicyclic amines) is 1. The van der Waals surface area contributed by atoms with E-state index in [0.29, 0.717) is 6.54 Å². The second kappa shape index (κ2) is 5.95. The first-order valence-electron chi connectivity index (χ1n) is 8.01. The van der Waals surface area contributed by atoms with Crippen LogP contribution in [0.15, 0.2) is 0 Å². The van der Waals surface area contributed by atoms with Crippen LogP contribution in [0, 0.1) is 16.7 Å². The number of piperidine rings is 2. The van der Waals surface area contributed by atoms with Gasteiger partial charge in [-0.3, -0.25) is 9.59 Å². The SMILES string of the molecule is CC1(C(=O)N2CCCC(C(C)(C)C(=O)O)C2)CCNCC1. The van der Waals surface area contributed by atoms with E-state index in [1.807, 2.05) is 4.90 Å². The summed E-state index contributed by atoms with van der Waals surface area (Å²) < 4.78 is 0. The van der Waals surface area contributed by atoms with Crippen molar-refractivity contribution < 1.29 is 14.7 Å². The molecule has 1 unspecified atom stereocenters. The van der Waals surface area contributed by atoms with Crippen LogP contribution in [-0.2, 0) is 9.59 Å². The molecule has 0 aliphatic carbocycles. The predicted molar refractivity (Wildman–Crippen MR) is 80.9 cm³/mol. The summed E-state index contributed by atoms with van der Waals surface area (Å²) in [7, 11) is 0. The number of nitrogens with one attached hydrogen (secondary N) is 1. The predicted octanol–water partition coefficient (Wildman–Crippen LogP) is 1.73. The Bertz CT molecular complexity index is 414. The molecular weight excluding hydrogens is 268 g/mol. The summed E-state index contributed by atoms with van der Waals surface area (Å²) in [6, 6.07) is 0. The molecule has 2 aliphatic rings. The number of carbonyl (C=O) groups is 2. The van der Waals surface area contributed by atoms with Crippen LogP contribution >= 0.6 is 0 Å². The highest BCUT2D eigenvalue weighted by Crippen LogP contribution is 2.37. The Morgan fingerprint density at radius 3 is 2.48 bits per heavy atom. The van der Waals surface area contributed by atoms with Crippen LogP contribution in [0.5, 0.6) is 0 Å². The van der Waals surface area contributed by atoms with Crippen LogP contribution in [0.25, 0.3) is 0 Å². The lowest BCUT2D eigenvalue weighted by molar-refractivity contribution is -0.155. The van der Waals surface area contributed by atoms with E-state index < -0.39 is 11.4 Å². The number of carbonyl (C=O) groups excluding carboxylic acids is 1. The van der Waals surface area contributed by atoms with E-state index in [9.17, 15) is 14.7 Å². The van der Waals surface area contributed by atoms with Gasteiger partial charge in [-0.15, -0.1) is 0 Å². The lowest BCUT2D eigenvalue weighted by atomic mass is 9.73. The average Bonchev–Trinajstić information content (AvgIpc) is 2.47. The van der Waals surface area contributed by atoms with Crippen molar-refractivity contribution >= 4 is 11.9 Å². The van der Waals surface area contributed by atoms with Gasteiger partial charge >= 0.3 is 5.97 Å². The van der Waals surface area contributed by atoms with Gasteiger partial charge in [-0.05, 0) is 58.5 Å². The third kappa shape index (κ3) is 3.23. The number of amides is 1. The summed E-state index contributed by atoms with van der Waals surface area (Å²) in [5.41, 5.74) is -1.05. The van der Waals surface area contributed by atoms with Crippen molar-refractivity contribution in [3.63, 3.8) is 0 Å². The number of hydrogen-bond acceptors (Lipinski definition) is 3. The Hall–Kier alpha value is -1.10. The van der Waals surface area contributed by atoms with E-state index >= 15 is 0 Å². The van der Waals surface area contributed by atoms with E-state index in [-0.39, 0.29) is 17.2 Å². The smallest absolute Gasteiger partial charge is 0.309 e. The number of rotatable bonds is 3. The molecule has 0 aromatic heterocycles. The molecule has 0 radical (unpaired) electrons. The van der Waals surface area contributed by atoms with Gasteiger partial charge in [-0.25, -0.2) is 0 Å². The number of hydrogen-bond donors (Lipinski definition) is 2. The highest BCUT2D eigenvalue weighted by molar-refractivity contribution is 5.83. The molecule has 5 heteroatoms. The molecule has 2 aliphatic heterocycles. The fraction of sp³-hybridized carbons (Fsp3) is 0.875. The van der Waals surface area contributed by atoms with Crippen LogP contribution in [0.3, 0.4) is 0 Å². The van der Waals surface area contributed by atoms with Crippen molar-refractivity contribution in [3.8, 4) is 0 Å². The Labute approximate surface area is 127 Å². The molecule has 120 valence electrons. The highest BCUT2D eigenvalue weighted by Gasteiger charge is 2.43. The van der Waals surface area contributed by atoms with Gasteiger partial charge < -0.3 is 15.3 Å². The summed E-state index contributed by atoms with van der Waals surface area (Å²) in [5, 5.41) is 12.7. The van der Waals surface area contributed by atoms with Gasteiger partial charge in [0.1, 0.15) is 0 Å². The van der Waals surface area contributed by atoms with E-state index in [0.717, 1.165) is 45.3 Å². The lowest BCUT2D eigenvalue weighted by Gasteiger charge is -2.43. The number of carboxylic acids is 1. The average molecular weight is 296 g/mol. The number of carboxylic acid groups (broad SMARTS) is 1. The summed E-state index contributed by atoms with van der Waals surface area (Å²) in [5.74, 6) is -0.511. The topological polar surface area (TPSA) is 69.6 Å². The number of nitrogens with zero attached hydrogens (tertiary/aromatic N) is 1. The summed E-state index contributed by atoms with van der Waals surface area (Å²) in [6.07, 6.45) is 3.54. The summed E-state index contributed by atoms with van der Waals surface area (Å²) >= 11 is 0. The Kier molecular flexibility index (Phi) is 4.61. The van der Waals surface area contributed by atoms with E-state index in [1.54, 1.807) is 13.8 Å². The molecule has 2 rings (SSSR count). The van der Waals surface area contributed by atoms with Crippen molar-refractivity contribution in [2.75, 3.05) is 26.2 Å². The van der Waals surface area contributed by atoms with Crippen molar-refractivity contribution in [1.29, 1.82) is 0 Å². The number of aliphatic carboxylic acids is 1. The first kappa shape index (κ1) is 16.3. The van der Waals surface area contributed by atoms with Crippen molar-refractivity contribution in [1.82, 2.24) is 10.2 Å². The first-order valence-corrected chi connectivity index (χ1v) is 8.01. The second-order valence-electron chi connectivity index (χ2n) is 7.43. The summed E-state index contributed by atoms with van der Waals surface area (Å²) in [6.45, 7) is 8.75. The maximum Gasteiger partial charge on any atom is 0.309 e. The van der Waals surface area contributed by atoms with Crippen LogP contribution < -0.4 is 5.32 Å². The fourth-order valence-corrected chi connectivity index (χ4v) is 3.50. The maximum absolute atomic E-state index is 12.9. The normalized spacial score (nSPS) is 26.4. The minimum Gasteiger partial charge on any atom is -0.481 e. The van der Waals surface area contributed by atoms with E-state index in [2.05, 4.69) is 12.2 Å². The Balaban J connectivity index is 2.07. The van der Waals surface area contributed by atoms with Gasteiger partial charge in [0.25, 0.3) is 0 Å². The minimum atomic E-state index is -0.770. The molecule has 0 spiro atoms. The van der Waals surface area contributed by atoms with Gasteiger partial charge in [0, 0.05) is 18.5 Å². The zero-order valence-electron chi connectivity index (χ0n) is 13.4. The van der Waals surface area contributed by atoms with E-state index in [1.165, 1.54) is 0 Å². The van der Waals surface area contributed by atoms with Crippen LogP contribution in [0.4, 0.5) is 0 Å². The quantitative estimate of drug-likeness (QED) is 0.832. The van der Waals surface area contributed by atoms with Crippen LogP contribution in [-0.4, -0.2) is 48.1 Å². The second-order valence-corrected chi connectivity index (χ2v) is 7.43. The molecule has 0 aromatic rings. The van der Waals surface area contributed by atoms with Gasteiger partial charge in [-0.1, -0.05) is 6.92 Å².